The minimum absolute atomic E-state index is 0.0298. The van der Waals surface area contributed by atoms with E-state index in [0.29, 0.717) is 5.75 Å². The van der Waals surface area contributed by atoms with Gasteiger partial charge in [0.2, 0.25) is 0 Å². The Morgan fingerprint density at radius 3 is 2.43 bits per heavy atom. The molecule has 120 valence electrons. The molecular weight excluding hydrogens is 301 g/mol. The minimum atomic E-state index is -0.862. The predicted octanol–water partition coefficient (Wildman–Crippen LogP) is 2.77. The average Bonchev–Trinajstić information content (AvgIpc) is 2.55. The van der Waals surface area contributed by atoms with Crippen LogP contribution in [0, 0.1) is 5.82 Å². The first kappa shape index (κ1) is 16.5. The van der Waals surface area contributed by atoms with Gasteiger partial charge in [-0.2, -0.15) is 0 Å². The van der Waals surface area contributed by atoms with Crippen LogP contribution in [0.25, 0.3) is 0 Å². The van der Waals surface area contributed by atoms with E-state index in [4.69, 9.17) is 9.47 Å². The van der Waals surface area contributed by atoms with Crippen molar-refractivity contribution in [2.45, 2.75) is 13.0 Å². The first-order chi connectivity index (χ1) is 11.1. The monoisotopic (exact) mass is 317 g/mol. The van der Waals surface area contributed by atoms with E-state index in [-0.39, 0.29) is 5.69 Å². The maximum absolute atomic E-state index is 13.4. The molecule has 0 saturated heterocycles. The highest BCUT2D eigenvalue weighted by Crippen LogP contribution is 2.13. The first-order valence-electron chi connectivity index (χ1n) is 6.99. The van der Waals surface area contributed by atoms with Crippen molar-refractivity contribution in [3.63, 3.8) is 0 Å². The van der Waals surface area contributed by atoms with Crippen LogP contribution in [0.5, 0.6) is 5.75 Å². The molecule has 0 aliphatic rings. The Hall–Kier alpha value is -2.89. The van der Waals surface area contributed by atoms with E-state index in [9.17, 15) is 14.0 Å². The van der Waals surface area contributed by atoms with Gasteiger partial charge < -0.3 is 14.8 Å². The van der Waals surface area contributed by atoms with Gasteiger partial charge in [-0.15, -0.1) is 0 Å². The number of ether oxygens (including phenoxy) is 2. The van der Waals surface area contributed by atoms with E-state index in [1.54, 1.807) is 30.3 Å². The van der Waals surface area contributed by atoms with Crippen LogP contribution in [0.15, 0.2) is 54.6 Å². The Bertz CT molecular complexity index is 675. The average molecular weight is 317 g/mol. The third-order valence-electron chi connectivity index (χ3n) is 2.88. The molecular formula is C17H16FNO4. The zero-order chi connectivity index (χ0) is 16.7. The molecule has 0 aromatic heterocycles. The van der Waals surface area contributed by atoms with Gasteiger partial charge in [-0.1, -0.05) is 30.3 Å². The largest absolute Gasteiger partial charge is 0.479 e. The van der Waals surface area contributed by atoms with E-state index >= 15 is 0 Å². The minimum Gasteiger partial charge on any atom is -0.479 e. The second kappa shape index (κ2) is 7.93. The number of rotatable bonds is 6. The normalized spacial score (nSPS) is 11.4. The molecule has 2 aromatic carbocycles. The summed E-state index contributed by atoms with van der Waals surface area (Å²) in [6, 6.07) is 14.5. The Kier molecular flexibility index (Phi) is 5.68. The molecule has 0 radical (unpaired) electrons. The van der Waals surface area contributed by atoms with Crippen LogP contribution in [0.4, 0.5) is 10.1 Å². The molecule has 1 N–H and O–H groups in total. The summed E-state index contributed by atoms with van der Waals surface area (Å²) in [7, 11) is 0. The molecule has 6 heteroatoms. The molecule has 0 heterocycles. The van der Waals surface area contributed by atoms with Crippen molar-refractivity contribution in [2.24, 2.45) is 0 Å². The molecule has 0 aliphatic heterocycles. The Balaban J connectivity index is 1.79. The lowest BCUT2D eigenvalue weighted by molar-refractivity contribution is -0.153. The number of halogens is 1. The van der Waals surface area contributed by atoms with Crippen molar-refractivity contribution >= 4 is 17.6 Å². The van der Waals surface area contributed by atoms with E-state index < -0.39 is 30.4 Å². The fourth-order valence-electron chi connectivity index (χ4n) is 1.75. The number of esters is 1. The van der Waals surface area contributed by atoms with Crippen LogP contribution >= 0.6 is 0 Å². The number of carbonyl (C=O) groups is 2. The third kappa shape index (κ3) is 5.10. The highest BCUT2D eigenvalue weighted by Gasteiger charge is 2.18. The number of nitrogens with one attached hydrogen (secondary N) is 1. The van der Waals surface area contributed by atoms with Gasteiger partial charge in [0.05, 0.1) is 5.69 Å². The van der Waals surface area contributed by atoms with Crippen LogP contribution in [0.2, 0.25) is 0 Å². The van der Waals surface area contributed by atoms with E-state index in [0.717, 1.165) is 0 Å². The summed E-state index contributed by atoms with van der Waals surface area (Å²) in [5, 5.41) is 2.32. The number of hydrogen-bond acceptors (Lipinski definition) is 4. The summed E-state index contributed by atoms with van der Waals surface area (Å²) in [6.07, 6.45) is -0.862. The van der Waals surface area contributed by atoms with Gasteiger partial charge in [0.1, 0.15) is 11.6 Å². The molecule has 2 aromatic rings. The summed E-state index contributed by atoms with van der Waals surface area (Å²) < 4.78 is 23.6. The smallest absolute Gasteiger partial charge is 0.347 e. The lowest BCUT2D eigenvalue weighted by atomic mass is 10.3. The molecule has 0 spiro atoms. The molecule has 0 unspecified atom stereocenters. The maximum atomic E-state index is 13.4. The van der Waals surface area contributed by atoms with Crippen molar-refractivity contribution in [3.05, 3.63) is 60.4 Å². The standard InChI is InChI=1S/C17H16FNO4/c1-12(23-13-7-3-2-4-8-13)17(21)22-11-16(20)19-15-10-6-5-9-14(15)18/h2-10,12H,11H2,1H3,(H,19,20)/t12-/m0/s1. The van der Waals surface area contributed by atoms with Crippen LogP contribution in [-0.2, 0) is 14.3 Å². The number of anilines is 1. The van der Waals surface area contributed by atoms with Gasteiger partial charge in [0, 0.05) is 0 Å². The van der Waals surface area contributed by atoms with E-state index in [1.165, 1.54) is 25.1 Å². The second-order valence-electron chi connectivity index (χ2n) is 4.71. The Labute approximate surface area is 133 Å². The summed E-state index contributed by atoms with van der Waals surface area (Å²) >= 11 is 0. The van der Waals surface area contributed by atoms with Crippen molar-refractivity contribution in [1.82, 2.24) is 0 Å². The second-order valence-corrected chi connectivity index (χ2v) is 4.71. The van der Waals surface area contributed by atoms with Gasteiger partial charge in [0.15, 0.2) is 12.7 Å². The summed E-state index contributed by atoms with van der Waals surface area (Å²) in [6.45, 7) is 1.000. The Morgan fingerprint density at radius 1 is 1.09 bits per heavy atom. The number of hydrogen-bond donors (Lipinski definition) is 1. The van der Waals surface area contributed by atoms with Crippen molar-refractivity contribution in [3.8, 4) is 5.75 Å². The fourth-order valence-corrected chi connectivity index (χ4v) is 1.75. The summed E-state index contributed by atoms with van der Waals surface area (Å²) in [4.78, 5) is 23.4. The molecule has 23 heavy (non-hydrogen) atoms. The Morgan fingerprint density at radius 2 is 1.74 bits per heavy atom. The highest BCUT2D eigenvalue weighted by molar-refractivity contribution is 5.93. The van der Waals surface area contributed by atoms with Crippen LogP contribution < -0.4 is 10.1 Å². The van der Waals surface area contributed by atoms with Crippen molar-refractivity contribution < 1.29 is 23.5 Å². The predicted molar refractivity (Wildman–Crippen MR) is 82.5 cm³/mol. The number of carbonyl (C=O) groups excluding carboxylic acids is 2. The number of para-hydroxylation sites is 2. The van der Waals surface area contributed by atoms with Gasteiger partial charge in [-0.05, 0) is 31.2 Å². The molecule has 0 aliphatic carbocycles. The van der Waals surface area contributed by atoms with E-state index in [1.807, 2.05) is 6.07 Å². The van der Waals surface area contributed by atoms with Crippen LogP contribution in [-0.4, -0.2) is 24.6 Å². The van der Waals surface area contributed by atoms with Crippen LogP contribution in [0.1, 0.15) is 6.92 Å². The summed E-state index contributed by atoms with van der Waals surface area (Å²) in [5.74, 6) is -1.35. The molecule has 1 atom stereocenters. The maximum Gasteiger partial charge on any atom is 0.347 e. The number of benzene rings is 2. The topological polar surface area (TPSA) is 64.6 Å². The molecule has 0 fully saturated rings. The zero-order valence-corrected chi connectivity index (χ0v) is 12.5. The highest BCUT2D eigenvalue weighted by atomic mass is 19.1. The van der Waals surface area contributed by atoms with Gasteiger partial charge in [-0.25, -0.2) is 9.18 Å². The molecule has 5 nitrogen and oxygen atoms in total. The van der Waals surface area contributed by atoms with Crippen LogP contribution in [0.3, 0.4) is 0 Å². The SMILES string of the molecule is C[C@H](Oc1ccccc1)C(=O)OCC(=O)Nc1ccccc1F. The molecule has 0 saturated carbocycles. The summed E-state index contributed by atoms with van der Waals surface area (Å²) in [5.41, 5.74) is 0.0298. The lowest BCUT2D eigenvalue weighted by Crippen LogP contribution is -2.29. The first-order valence-corrected chi connectivity index (χ1v) is 6.99. The zero-order valence-electron chi connectivity index (χ0n) is 12.5. The molecule has 2 rings (SSSR count). The van der Waals surface area contributed by atoms with E-state index in [2.05, 4.69) is 5.32 Å². The molecule has 1 amide bonds. The number of amides is 1. The van der Waals surface area contributed by atoms with Gasteiger partial charge in [-0.3, -0.25) is 4.79 Å². The molecule has 0 bridgehead atoms. The fraction of sp³-hybridized carbons (Fsp3) is 0.176. The van der Waals surface area contributed by atoms with Gasteiger partial charge in [0.25, 0.3) is 5.91 Å². The van der Waals surface area contributed by atoms with Crippen molar-refractivity contribution in [2.75, 3.05) is 11.9 Å². The quantitative estimate of drug-likeness (QED) is 0.832. The lowest BCUT2D eigenvalue weighted by Gasteiger charge is -2.14. The third-order valence-corrected chi connectivity index (χ3v) is 2.88. The van der Waals surface area contributed by atoms with Gasteiger partial charge >= 0.3 is 5.97 Å². The van der Waals surface area contributed by atoms with Crippen molar-refractivity contribution in [1.29, 1.82) is 0 Å².